The summed E-state index contributed by atoms with van der Waals surface area (Å²) in [6, 6.07) is 3.39. The lowest BCUT2D eigenvalue weighted by molar-refractivity contribution is 0.00590. The van der Waals surface area contributed by atoms with Crippen LogP contribution < -0.4 is 16.4 Å². The predicted molar refractivity (Wildman–Crippen MR) is 130 cm³/mol. The Morgan fingerprint density at radius 3 is 2.79 bits per heavy atom. The zero-order valence-electron chi connectivity index (χ0n) is 19.3. The lowest BCUT2D eigenvalue weighted by atomic mass is 9.91. The quantitative estimate of drug-likeness (QED) is 0.468. The van der Waals surface area contributed by atoms with Crippen molar-refractivity contribution < 1.29 is 18.7 Å². The maximum Gasteiger partial charge on any atom is 0.413 e. The van der Waals surface area contributed by atoms with Crippen molar-refractivity contribution in [1.82, 2.24) is 9.97 Å². The molecule has 178 valence electrons. The van der Waals surface area contributed by atoms with Gasteiger partial charge in [0.2, 0.25) is 0 Å². The van der Waals surface area contributed by atoms with Crippen molar-refractivity contribution in [1.29, 1.82) is 0 Å². The summed E-state index contributed by atoms with van der Waals surface area (Å²) < 4.78 is 26.1. The summed E-state index contributed by atoms with van der Waals surface area (Å²) in [4.78, 5) is 21.2. The van der Waals surface area contributed by atoms with E-state index < -0.39 is 11.9 Å². The Morgan fingerprint density at radius 2 is 2.00 bits per heavy atom. The molecule has 5 rings (SSSR count). The number of carbonyl (C=O) groups is 1. The van der Waals surface area contributed by atoms with Crippen LogP contribution in [0.1, 0.15) is 43.4 Å². The molecule has 3 aromatic rings. The number of nitrogens with zero attached hydrogens (tertiary/aromatic N) is 2. The highest BCUT2D eigenvalue weighted by Gasteiger charge is 2.24. The Labute approximate surface area is 197 Å². The predicted octanol–water partition coefficient (Wildman–Crippen LogP) is 4.97. The molecule has 1 aromatic carbocycles. The normalized spacial score (nSPS) is 18.3. The lowest BCUT2D eigenvalue weighted by Crippen LogP contribution is -2.28. The van der Waals surface area contributed by atoms with Crippen LogP contribution in [0.2, 0.25) is 0 Å². The second kappa shape index (κ2) is 9.06. The number of nitrogens with one attached hydrogen (secondary N) is 2. The summed E-state index contributed by atoms with van der Waals surface area (Å²) >= 11 is 0. The van der Waals surface area contributed by atoms with Crippen LogP contribution in [-0.4, -0.2) is 41.9 Å². The number of rotatable bonds is 3. The van der Waals surface area contributed by atoms with Crippen molar-refractivity contribution in [2.24, 2.45) is 0 Å². The Hall–Kier alpha value is -3.46. The van der Waals surface area contributed by atoms with Gasteiger partial charge in [-0.25, -0.2) is 14.2 Å². The number of amides is 1. The Kier molecular flexibility index (Phi) is 5.95. The fraction of sp³-hybridized carbons (Fsp3) is 0.400. The molecule has 2 aliphatic rings. The van der Waals surface area contributed by atoms with Gasteiger partial charge >= 0.3 is 6.09 Å². The molecular weight excluding hydrogens is 437 g/mol. The van der Waals surface area contributed by atoms with Crippen LogP contribution in [0.15, 0.2) is 24.5 Å². The zero-order chi connectivity index (χ0) is 23.8. The molecule has 0 bridgehead atoms. The Balaban J connectivity index is 1.48. The van der Waals surface area contributed by atoms with E-state index in [1.165, 1.54) is 6.20 Å². The van der Waals surface area contributed by atoms with Gasteiger partial charge in [0, 0.05) is 54.2 Å². The van der Waals surface area contributed by atoms with E-state index >= 15 is 4.39 Å². The highest BCUT2D eigenvalue weighted by Crippen LogP contribution is 2.40. The van der Waals surface area contributed by atoms with Crippen LogP contribution in [-0.2, 0) is 9.47 Å². The van der Waals surface area contributed by atoms with Crippen LogP contribution in [0.4, 0.5) is 26.4 Å². The van der Waals surface area contributed by atoms with E-state index in [0.717, 1.165) is 29.9 Å². The van der Waals surface area contributed by atoms with Crippen molar-refractivity contribution in [2.45, 2.75) is 45.1 Å². The molecule has 34 heavy (non-hydrogen) atoms. The smallest absolute Gasteiger partial charge is 0.413 e. The third kappa shape index (κ3) is 4.11. The van der Waals surface area contributed by atoms with E-state index in [-0.39, 0.29) is 11.8 Å². The highest BCUT2D eigenvalue weighted by atomic mass is 19.1. The van der Waals surface area contributed by atoms with Crippen LogP contribution in [0.5, 0.6) is 0 Å². The van der Waals surface area contributed by atoms with Gasteiger partial charge in [0.15, 0.2) is 5.82 Å². The van der Waals surface area contributed by atoms with Crippen molar-refractivity contribution in [2.75, 3.05) is 36.1 Å². The molecular formula is C25H28FN5O3. The molecule has 1 fully saturated rings. The standard InChI is InChI=1S/C25H28FN5O3/c1-13-3-6-28-24-14(2)18(11-30-23(13)24)17-9-15-10-20(29-12-19(15)22(27)21(17)26)31-25(32)34-16-4-7-33-8-5-16/h9-13,16,28H,3-8,27H2,1-2H3,(H,29,31,32)/t13-/m0/s1. The molecule has 4 heterocycles. The van der Waals surface area contributed by atoms with E-state index in [0.29, 0.717) is 59.7 Å². The van der Waals surface area contributed by atoms with Crippen molar-refractivity contribution in [3.8, 4) is 11.1 Å². The summed E-state index contributed by atoms with van der Waals surface area (Å²) in [6.07, 6.45) is 4.76. The second-order valence-electron chi connectivity index (χ2n) is 8.96. The van der Waals surface area contributed by atoms with Crippen LogP contribution >= 0.6 is 0 Å². The molecule has 2 aliphatic heterocycles. The molecule has 8 nitrogen and oxygen atoms in total. The molecule has 1 saturated heterocycles. The number of pyridine rings is 2. The third-order valence-corrected chi connectivity index (χ3v) is 6.68. The number of benzene rings is 1. The van der Waals surface area contributed by atoms with E-state index in [1.54, 1.807) is 18.3 Å². The maximum atomic E-state index is 15.4. The first-order valence-corrected chi connectivity index (χ1v) is 11.6. The molecule has 2 aromatic heterocycles. The summed E-state index contributed by atoms with van der Waals surface area (Å²) in [5, 5.41) is 7.20. The van der Waals surface area contributed by atoms with Gasteiger partial charge in [-0.1, -0.05) is 6.92 Å². The molecule has 1 amide bonds. The first-order chi connectivity index (χ1) is 16.4. The van der Waals surface area contributed by atoms with Crippen LogP contribution in [0, 0.1) is 12.7 Å². The number of nitrogen functional groups attached to an aromatic ring is 1. The van der Waals surface area contributed by atoms with Crippen molar-refractivity contribution in [3.63, 3.8) is 0 Å². The Bertz CT molecular complexity index is 1260. The summed E-state index contributed by atoms with van der Waals surface area (Å²) in [6.45, 7) is 6.12. The van der Waals surface area contributed by atoms with Crippen molar-refractivity contribution >= 4 is 34.1 Å². The van der Waals surface area contributed by atoms with Gasteiger partial charge in [0.25, 0.3) is 0 Å². The van der Waals surface area contributed by atoms with Gasteiger partial charge in [0.1, 0.15) is 11.9 Å². The number of ether oxygens (including phenoxy) is 2. The number of anilines is 3. The Morgan fingerprint density at radius 1 is 1.21 bits per heavy atom. The summed E-state index contributed by atoms with van der Waals surface area (Å²) in [5.74, 6) is 0.135. The number of carbonyl (C=O) groups excluding carboxylic acids is 1. The number of hydrogen-bond acceptors (Lipinski definition) is 7. The number of nitrogens with two attached hydrogens (primary N) is 1. The largest absolute Gasteiger partial charge is 0.446 e. The minimum absolute atomic E-state index is 0.00906. The fourth-order valence-corrected chi connectivity index (χ4v) is 4.68. The molecule has 0 unspecified atom stereocenters. The number of aromatic nitrogens is 2. The van der Waals surface area contributed by atoms with Gasteiger partial charge in [-0.2, -0.15) is 0 Å². The van der Waals surface area contributed by atoms with Gasteiger partial charge in [-0.3, -0.25) is 10.3 Å². The molecule has 0 saturated carbocycles. The van der Waals surface area contributed by atoms with Crippen LogP contribution in [0.25, 0.3) is 21.9 Å². The van der Waals surface area contributed by atoms with Gasteiger partial charge in [0.05, 0.1) is 30.3 Å². The molecule has 0 spiro atoms. The first kappa shape index (κ1) is 22.3. The second-order valence-corrected chi connectivity index (χ2v) is 8.96. The van der Waals surface area contributed by atoms with Gasteiger partial charge < -0.3 is 20.5 Å². The number of fused-ring (bicyclic) bond motifs is 2. The van der Waals surface area contributed by atoms with Crippen molar-refractivity contribution in [3.05, 3.63) is 41.6 Å². The van der Waals surface area contributed by atoms with Gasteiger partial charge in [-0.15, -0.1) is 0 Å². The van der Waals surface area contributed by atoms with E-state index in [4.69, 9.17) is 15.2 Å². The van der Waals surface area contributed by atoms with Gasteiger partial charge in [-0.05, 0) is 36.4 Å². The minimum Gasteiger partial charge on any atom is -0.446 e. The van der Waals surface area contributed by atoms with E-state index in [2.05, 4.69) is 27.5 Å². The number of halogens is 1. The lowest BCUT2D eigenvalue weighted by Gasteiger charge is -2.26. The molecule has 4 N–H and O–H groups in total. The molecule has 1 atom stereocenters. The molecule has 0 radical (unpaired) electrons. The summed E-state index contributed by atoms with van der Waals surface area (Å²) in [5.41, 5.74) is 10.1. The SMILES string of the molecule is Cc1c(-c2cc3cc(NC(=O)OC4CCOCC4)ncc3c(N)c2F)cnc2c1NCC[C@@H]2C. The highest BCUT2D eigenvalue weighted by molar-refractivity contribution is 5.99. The fourth-order valence-electron chi connectivity index (χ4n) is 4.68. The maximum absolute atomic E-state index is 15.4. The number of hydrogen-bond donors (Lipinski definition) is 3. The topological polar surface area (TPSA) is 111 Å². The zero-order valence-corrected chi connectivity index (χ0v) is 19.3. The molecule has 0 aliphatic carbocycles. The first-order valence-electron chi connectivity index (χ1n) is 11.6. The van der Waals surface area contributed by atoms with E-state index in [9.17, 15) is 4.79 Å². The molecule has 9 heteroatoms. The summed E-state index contributed by atoms with van der Waals surface area (Å²) in [7, 11) is 0. The van der Waals surface area contributed by atoms with E-state index in [1.807, 2.05) is 6.92 Å². The average molecular weight is 466 g/mol. The minimum atomic E-state index is -0.580. The monoisotopic (exact) mass is 465 g/mol. The third-order valence-electron chi connectivity index (χ3n) is 6.68. The average Bonchev–Trinajstić information content (AvgIpc) is 2.83. The van der Waals surface area contributed by atoms with Crippen LogP contribution in [0.3, 0.4) is 0 Å².